The van der Waals surface area contributed by atoms with Crippen LogP contribution in [0.25, 0.3) is 0 Å². The average molecular weight is 489 g/mol. The molecule has 0 aromatic heterocycles. The van der Waals surface area contributed by atoms with Crippen LogP contribution in [0.15, 0.2) is 84.0 Å². The summed E-state index contributed by atoms with van der Waals surface area (Å²) in [5, 5.41) is 9.16. The molecule has 0 unspecified atom stereocenters. The second-order valence-corrected chi connectivity index (χ2v) is 7.67. The highest BCUT2D eigenvalue weighted by molar-refractivity contribution is 6.39. The molecule has 0 aliphatic heterocycles. The van der Waals surface area contributed by atoms with E-state index in [-0.39, 0.29) is 18.6 Å². The topological polar surface area (TPSA) is 118 Å². The van der Waals surface area contributed by atoms with Gasteiger partial charge in [0.15, 0.2) is 6.61 Å². The molecule has 186 valence electrons. The van der Waals surface area contributed by atoms with Crippen LogP contribution in [0.2, 0.25) is 0 Å². The second-order valence-electron chi connectivity index (χ2n) is 7.67. The summed E-state index contributed by atoms with van der Waals surface area (Å²) >= 11 is 0. The molecule has 9 heteroatoms. The zero-order chi connectivity index (χ0) is 25.8. The molecule has 0 saturated heterocycles. The number of rotatable bonds is 10. The highest BCUT2D eigenvalue weighted by Crippen LogP contribution is 2.16. The fourth-order valence-electron chi connectivity index (χ4n) is 3.11. The van der Waals surface area contributed by atoms with Gasteiger partial charge in [0, 0.05) is 5.69 Å². The molecule has 0 aliphatic carbocycles. The van der Waals surface area contributed by atoms with Crippen LogP contribution < -0.4 is 25.5 Å². The van der Waals surface area contributed by atoms with Gasteiger partial charge >= 0.3 is 11.8 Å². The van der Waals surface area contributed by atoms with Gasteiger partial charge in [-0.1, -0.05) is 30.3 Å². The lowest BCUT2D eigenvalue weighted by molar-refractivity contribution is -0.136. The second kappa shape index (κ2) is 13.3. The lowest BCUT2D eigenvalue weighted by Crippen LogP contribution is -2.32. The number of hydrazone groups is 1. The molecular formula is C27H28N4O5. The first-order valence-electron chi connectivity index (χ1n) is 11.4. The van der Waals surface area contributed by atoms with Gasteiger partial charge in [0.05, 0.1) is 18.9 Å². The Morgan fingerprint density at radius 1 is 0.861 bits per heavy atom. The fraction of sp³-hybridized carbons (Fsp3) is 0.185. The predicted octanol–water partition coefficient (Wildman–Crippen LogP) is 3.43. The zero-order valence-corrected chi connectivity index (χ0v) is 20.1. The van der Waals surface area contributed by atoms with Crippen molar-refractivity contribution in [1.29, 1.82) is 0 Å². The maximum absolute atomic E-state index is 12.1. The molecule has 0 aliphatic rings. The van der Waals surface area contributed by atoms with Crippen molar-refractivity contribution in [3.63, 3.8) is 0 Å². The highest BCUT2D eigenvalue weighted by atomic mass is 16.5. The quantitative estimate of drug-likeness (QED) is 0.230. The standard InChI is InChI=1S/C27H28N4O5/c1-3-35-23-15-11-22(12-16-23)30-26(33)27(34)31-28-17-20-9-13-24(14-10-20)36-18-25(32)29-19(2)21-7-5-4-6-8-21/h4-17,19H,3,18H2,1-2H3,(H,29,32)(H,30,33)(H,31,34)/b28-17-/t19-/m1/s1. The Bertz CT molecular complexity index is 1180. The molecule has 0 fully saturated rings. The van der Waals surface area contributed by atoms with Gasteiger partial charge in [0.25, 0.3) is 5.91 Å². The van der Waals surface area contributed by atoms with E-state index in [0.29, 0.717) is 29.4 Å². The minimum absolute atomic E-state index is 0.121. The summed E-state index contributed by atoms with van der Waals surface area (Å²) < 4.78 is 10.9. The molecular weight excluding hydrogens is 460 g/mol. The number of nitrogens with zero attached hydrogens (tertiary/aromatic N) is 1. The van der Waals surface area contributed by atoms with E-state index in [4.69, 9.17) is 9.47 Å². The van der Waals surface area contributed by atoms with Gasteiger partial charge in [0.2, 0.25) is 0 Å². The number of nitrogens with one attached hydrogen (secondary N) is 3. The number of ether oxygens (including phenoxy) is 2. The first-order valence-corrected chi connectivity index (χ1v) is 11.4. The minimum Gasteiger partial charge on any atom is -0.494 e. The molecule has 1 atom stereocenters. The number of carbonyl (C=O) groups is 3. The van der Waals surface area contributed by atoms with Crippen molar-refractivity contribution in [3.05, 3.63) is 90.0 Å². The van der Waals surface area contributed by atoms with Crippen molar-refractivity contribution in [1.82, 2.24) is 10.7 Å². The van der Waals surface area contributed by atoms with Crippen LogP contribution in [-0.4, -0.2) is 37.1 Å². The van der Waals surface area contributed by atoms with E-state index in [1.54, 1.807) is 48.5 Å². The summed E-state index contributed by atoms with van der Waals surface area (Å²) in [5.74, 6) is -0.811. The Morgan fingerprint density at radius 3 is 2.17 bits per heavy atom. The van der Waals surface area contributed by atoms with E-state index in [1.807, 2.05) is 44.2 Å². The Hall–Kier alpha value is -4.66. The number of hydrogen-bond donors (Lipinski definition) is 3. The van der Waals surface area contributed by atoms with Gasteiger partial charge < -0.3 is 20.1 Å². The van der Waals surface area contributed by atoms with Crippen LogP contribution >= 0.6 is 0 Å². The third kappa shape index (κ3) is 8.28. The summed E-state index contributed by atoms with van der Waals surface area (Å²) in [5.41, 5.74) is 4.31. The average Bonchev–Trinajstić information content (AvgIpc) is 2.90. The Morgan fingerprint density at radius 2 is 1.50 bits per heavy atom. The van der Waals surface area contributed by atoms with Crippen molar-refractivity contribution in [3.8, 4) is 11.5 Å². The van der Waals surface area contributed by atoms with Crippen LogP contribution in [0, 0.1) is 0 Å². The molecule has 0 heterocycles. The number of anilines is 1. The van der Waals surface area contributed by atoms with Crippen LogP contribution in [0.3, 0.4) is 0 Å². The largest absolute Gasteiger partial charge is 0.494 e. The van der Waals surface area contributed by atoms with Gasteiger partial charge in [-0.2, -0.15) is 5.10 Å². The molecule has 36 heavy (non-hydrogen) atoms. The highest BCUT2D eigenvalue weighted by Gasteiger charge is 2.13. The Kier molecular flexibility index (Phi) is 9.58. The molecule has 3 aromatic carbocycles. The molecule has 0 radical (unpaired) electrons. The molecule has 0 saturated carbocycles. The Balaban J connectivity index is 1.40. The minimum atomic E-state index is -0.907. The molecule has 9 nitrogen and oxygen atoms in total. The van der Waals surface area contributed by atoms with Crippen molar-refractivity contribution >= 4 is 29.6 Å². The lowest BCUT2D eigenvalue weighted by Gasteiger charge is -2.14. The van der Waals surface area contributed by atoms with Crippen LogP contribution in [-0.2, 0) is 14.4 Å². The monoisotopic (exact) mass is 488 g/mol. The third-order valence-electron chi connectivity index (χ3n) is 4.94. The number of benzene rings is 3. The van der Waals surface area contributed by atoms with Gasteiger partial charge in [0.1, 0.15) is 11.5 Å². The van der Waals surface area contributed by atoms with E-state index in [9.17, 15) is 14.4 Å². The zero-order valence-electron chi connectivity index (χ0n) is 20.1. The maximum Gasteiger partial charge on any atom is 0.329 e. The smallest absolute Gasteiger partial charge is 0.329 e. The van der Waals surface area contributed by atoms with E-state index < -0.39 is 11.8 Å². The normalized spacial score (nSPS) is 11.4. The summed E-state index contributed by atoms with van der Waals surface area (Å²) in [7, 11) is 0. The number of carbonyl (C=O) groups excluding carboxylic acids is 3. The van der Waals surface area contributed by atoms with Crippen LogP contribution in [0.1, 0.15) is 31.0 Å². The molecule has 0 bridgehead atoms. The van der Waals surface area contributed by atoms with Crippen molar-refractivity contribution in [2.75, 3.05) is 18.5 Å². The summed E-state index contributed by atoms with van der Waals surface area (Å²) in [6.45, 7) is 4.19. The summed E-state index contributed by atoms with van der Waals surface area (Å²) in [6.07, 6.45) is 1.39. The first kappa shape index (κ1) is 26.0. The van der Waals surface area contributed by atoms with Crippen molar-refractivity contribution in [2.45, 2.75) is 19.9 Å². The molecule has 0 spiro atoms. The number of hydrogen-bond acceptors (Lipinski definition) is 6. The number of amides is 3. The van der Waals surface area contributed by atoms with E-state index in [1.165, 1.54) is 6.21 Å². The SMILES string of the molecule is CCOc1ccc(NC(=O)C(=O)N/N=C\c2ccc(OCC(=O)N[C@H](C)c3ccccc3)cc2)cc1. The molecule has 3 N–H and O–H groups in total. The van der Waals surface area contributed by atoms with Gasteiger partial charge in [-0.15, -0.1) is 0 Å². The van der Waals surface area contributed by atoms with Gasteiger partial charge in [-0.3, -0.25) is 14.4 Å². The maximum atomic E-state index is 12.1. The lowest BCUT2D eigenvalue weighted by atomic mass is 10.1. The van der Waals surface area contributed by atoms with Gasteiger partial charge in [-0.25, -0.2) is 5.43 Å². The fourth-order valence-corrected chi connectivity index (χ4v) is 3.11. The Labute approximate surface area is 209 Å². The molecule has 3 aromatic rings. The van der Waals surface area contributed by atoms with Crippen molar-refractivity contribution < 1.29 is 23.9 Å². The first-order chi connectivity index (χ1) is 17.4. The van der Waals surface area contributed by atoms with Crippen LogP contribution in [0.5, 0.6) is 11.5 Å². The van der Waals surface area contributed by atoms with E-state index >= 15 is 0 Å². The summed E-state index contributed by atoms with van der Waals surface area (Å²) in [6, 6.07) is 23.0. The van der Waals surface area contributed by atoms with Crippen LogP contribution in [0.4, 0.5) is 5.69 Å². The van der Waals surface area contributed by atoms with Crippen molar-refractivity contribution in [2.24, 2.45) is 5.10 Å². The predicted molar refractivity (Wildman–Crippen MR) is 137 cm³/mol. The van der Waals surface area contributed by atoms with E-state index in [0.717, 1.165) is 5.56 Å². The molecule has 3 rings (SSSR count). The third-order valence-corrected chi connectivity index (χ3v) is 4.94. The van der Waals surface area contributed by atoms with Gasteiger partial charge in [-0.05, 0) is 73.5 Å². The molecule has 3 amide bonds. The van der Waals surface area contributed by atoms with E-state index in [2.05, 4.69) is 21.2 Å². The summed E-state index contributed by atoms with van der Waals surface area (Å²) in [4.78, 5) is 36.1.